The van der Waals surface area contributed by atoms with Crippen LogP contribution < -0.4 is 10.9 Å². The molecule has 39 heavy (non-hydrogen) atoms. The summed E-state index contributed by atoms with van der Waals surface area (Å²) in [4.78, 5) is 14.2. The predicted octanol–water partition coefficient (Wildman–Crippen LogP) is 4.90. The van der Waals surface area contributed by atoms with Gasteiger partial charge in [-0.1, -0.05) is 49.7 Å². The molecule has 0 saturated heterocycles. The Labute approximate surface area is 229 Å². The lowest BCUT2D eigenvalue weighted by molar-refractivity contribution is 0.479. The van der Waals surface area contributed by atoms with Crippen LogP contribution in [0.15, 0.2) is 70.4 Å². The molecule has 0 bridgehead atoms. The Kier molecular flexibility index (Phi) is 8.90. The average Bonchev–Trinajstić information content (AvgIpc) is 3.31. The molecule has 0 unspecified atom stereocenters. The van der Waals surface area contributed by atoms with Gasteiger partial charge in [0.2, 0.25) is 5.56 Å². The number of phenolic OH excluding ortho intramolecular Hbond substituents is 1. The van der Waals surface area contributed by atoms with Crippen molar-refractivity contribution in [1.29, 1.82) is 0 Å². The molecule has 0 atom stereocenters. The summed E-state index contributed by atoms with van der Waals surface area (Å²) in [6.07, 6.45) is 5.25. The first-order chi connectivity index (χ1) is 18.6. The quantitative estimate of drug-likeness (QED) is 0.244. The molecule has 1 heterocycles. The summed E-state index contributed by atoms with van der Waals surface area (Å²) in [5.74, 6) is 0.120. The van der Waals surface area contributed by atoms with E-state index in [1.165, 1.54) is 40.5 Å². The molecule has 4 N–H and O–H groups in total. The molecule has 0 saturated carbocycles. The molecule has 0 fully saturated rings. The summed E-state index contributed by atoms with van der Waals surface area (Å²) in [6, 6.07) is 18.2. The number of benzene rings is 3. The van der Waals surface area contributed by atoms with Crippen LogP contribution in [-0.2, 0) is 42.2 Å². The number of aromatic hydroxyl groups is 1. The van der Waals surface area contributed by atoms with Gasteiger partial charge in [-0.15, -0.1) is 0 Å². The number of pyridine rings is 1. The number of aromatic amines is 1. The van der Waals surface area contributed by atoms with E-state index >= 15 is 0 Å². The maximum atomic E-state index is 11.6. The third kappa shape index (κ3) is 6.95. The second-order valence-corrected chi connectivity index (χ2v) is 11.5. The molecule has 4 aromatic rings. The average molecular weight is 549 g/mol. The van der Waals surface area contributed by atoms with E-state index < -0.39 is 10.1 Å². The van der Waals surface area contributed by atoms with Gasteiger partial charge in [-0.05, 0) is 97.7 Å². The smallest absolute Gasteiger partial charge is 0.294 e. The van der Waals surface area contributed by atoms with E-state index in [0.717, 1.165) is 55.2 Å². The van der Waals surface area contributed by atoms with Gasteiger partial charge >= 0.3 is 0 Å². The van der Waals surface area contributed by atoms with Gasteiger partial charge in [-0.2, -0.15) is 8.42 Å². The number of hydrogen-bond acceptors (Lipinski definition) is 5. The zero-order valence-corrected chi connectivity index (χ0v) is 23.4. The molecule has 0 spiro atoms. The largest absolute Gasteiger partial charge is 0.506 e. The van der Waals surface area contributed by atoms with Crippen molar-refractivity contribution in [2.75, 3.05) is 6.54 Å². The first kappa shape index (κ1) is 28.5. The van der Waals surface area contributed by atoms with E-state index in [9.17, 15) is 18.3 Å². The predicted molar refractivity (Wildman–Crippen MR) is 155 cm³/mol. The molecule has 1 aliphatic rings. The Bertz CT molecular complexity index is 1590. The molecule has 7 nitrogen and oxygen atoms in total. The fraction of sp³-hybridized carbons (Fsp3) is 0.323. The highest BCUT2D eigenvalue weighted by atomic mass is 32.2. The van der Waals surface area contributed by atoms with Crippen molar-refractivity contribution in [3.63, 3.8) is 0 Å². The fourth-order valence-corrected chi connectivity index (χ4v) is 5.69. The van der Waals surface area contributed by atoms with Crippen molar-refractivity contribution in [3.05, 3.63) is 104 Å². The van der Waals surface area contributed by atoms with Crippen LogP contribution >= 0.6 is 0 Å². The summed E-state index contributed by atoms with van der Waals surface area (Å²) in [5.41, 5.74) is 8.40. The lowest BCUT2D eigenvalue weighted by Gasteiger charge is -2.13. The molecule has 0 radical (unpaired) electrons. The highest BCUT2D eigenvalue weighted by Crippen LogP contribution is 2.28. The Morgan fingerprint density at radius 1 is 0.897 bits per heavy atom. The van der Waals surface area contributed by atoms with Crippen LogP contribution in [0.4, 0.5) is 0 Å². The van der Waals surface area contributed by atoms with Crippen LogP contribution in [0.2, 0.25) is 0 Å². The van der Waals surface area contributed by atoms with Crippen LogP contribution in [0.1, 0.15) is 47.2 Å². The number of H-pyrrole nitrogens is 1. The van der Waals surface area contributed by atoms with Crippen LogP contribution in [-0.4, -0.2) is 35.6 Å². The molecule has 5 rings (SSSR count). The van der Waals surface area contributed by atoms with Crippen LogP contribution in [0, 0.1) is 6.92 Å². The van der Waals surface area contributed by atoms with Gasteiger partial charge in [0.1, 0.15) is 5.75 Å². The lowest BCUT2D eigenvalue weighted by Crippen LogP contribution is -2.31. The molecule has 3 aromatic carbocycles. The van der Waals surface area contributed by atoms with Gasteiger partial charge in [0.15, 0.2) is 0 Å². The first-order valence-electron chi connectivity index (χ1n) is 13.3. The molecule has 1 aromatic heterocycles. The van der Waals surface area contributed by atoms with E-state index in [2.05, 4.69) is 36.3 Å². The number of hydrogen-bond donors (Lipinski definition) is 4. The van der Waals surface area contributed by atoms with E-state index in [4.69, 9.17) is 4.55 Å². The Morgan fingerprint density at radius 2 is 1.51 bits per heavy atom. The van der Waals surface area contributed by atoms with E-state index in [1.807, 2.05) is 13.0 Å². The number of aryl methyl sites for hydroxylation is 3. The molecular formula is C31H36N2O5S. The molecule has 0 aliphatic heterocycles. The fourth-order valence-electron chi connectivity index (χ4n) is 5.21. The minimum atomic E-state index is -4.02. The summed E-state index contributed by atoms with van der Waals surface area (Å²) in [7, 11) is -4.02. The monoisotopic (exact) mass is 548 g/mol. The summed E-state index contributed by atoms with van der Waals surface area (Å²) < 4.78 is 29.6. The van der Waals surface area contributed by atoms with Gasteiger partial charge in [-0.3, -0.25) is 9.35 Å². The van der Waals surface area contributed by atoms with Crippen molar-refractivity contribution in [1.82, 2.24) is 10.3 Å². The van der Waals surface area contributed by atoms with Gasteiger partial charge < -0.3 is 15.4 Å². The van der Waals surface area contributed by atoms with E-state index in [1.54, 1.807) is 24.3 Å². The molecular weight excluding hydrogens is 512 g/mol. The lowest BCUT2D eigenvalue weighted by atomic mass is 9.97. The summed E-state index contributed by atoms with van der Waals surface area (Å²) in [5, 5.41) is 14.6. The molecule has 8 heteroatoms. The van der Waals surface area contributed by atoms with E-state index in [0.29, 0.717) is 11.6 Å². The normalized spacial score (nSPS) is 13.2. The number of aromatic nitrogens is 1. The maximum Gasteiger partial charge on any atom is 0.294 e. The minimum Gasteiger partial charge on any atom is -0.506 e. The van der Waals surface area contributed by atoms with Crippen molar-refractivity contribution in [3.8, 4) is 5.75 Å². The zero-order chi connectivity index (χ0) is 28.2. The van der Waals surface area contributed by atoms with Crippen molar-refractivity contribution in [2.45, 2.75) is 63.8 Å². The van der Waals surface area contributed by atoms with Crippen LogP contribution in [0.25, 0.3) is 10.9 Å². The SMILES string of the molecule is CCc1cc2c(cc1CC)CC(NCCc1ccc(O)c3[nH]c(=O)ccc13)C2.Cc1ccc(S(=O)(=O)O)cc1. The van der Waals surface area contributed by atoms with Gasteiger partial charge in [0.05, 0.1) is 10.4 Å². The van der Waals surface area contributed by atoms with Crippen molar-refractivity contribution >= 4 is 21.0 Å². The van der Waals surface area contributed by atoms with Gasteiger partial charge in [0, 0.05) is 17.5 Å². The van der Waals surface area contributed by atoms with Crippen molar-refractivity contribution in [2.24, 2.45) is 0 Å². The number of fused-ring (bicyclic) bond motifs is 2. The Morgan fingerprint density at radius 3 is 2.08 bits per heavy atom. The molecule has 0 amide bonds. The Hall–Kier alpha value is -3.46. The number of phenols is 1. The third-order valence-electron chi connectivity index (χ3n) is 7.33. The van der Waals surface area contributed by atoms with Crippen molar-refractivity contribution < 1.29 is 18.1 Å². The zero-order valence-electron chi connectivity index (χ0n) is 22.6. The number of nitrogens with one attached hydrogen (secondary N) is 2. The first-order valence-corrected chi connectivity index (χ1v) is 14.8. The summed E-state index contributed by atoms with van der Waals surface area (Å²) in [6.45, 7) is 7.19. The van der Waals surface area contributed by atoms with Crippen LogP contribution in [0.5, 0.6) is 5.75 Å². The molecule has 206 valence electrons. The Balaban J connectivity index is 0.000000270. The molecule has 1 aliphatic carbocycles. The minimum absolute atomic E-state index is 0.0666. The maximum absolute atomic E-state index is 11.6. The third-order valence-corrected chi connectivity index (χ3v) is 8.19. The highest BCUT2D eigenvalue weighted by Gasteiger charge is 2.22. The topological polar surface area (TPSA) is 119 Å². The van der Waals surface area contributed by atoms with E-state index in [-0.39, 0.29) is 16.2 Å². The number of rotatable bonds is 7. The second kappa shape index (κ2) is 12.2. The second-order valence-electron chi connectivity index (χ2n) is 10.0. The van der Waals surface area contributed by atoms with Crippen LogP contribution in [0.3, 0.4) is 0 Å². The summed E-state index contributed by atoms with van der Waals surface area (Å²) >= 11 is 0. The highest BCUT2D eigenvalue weighted by molar-refractivity contribution is 7.85. The van der Waals surface area contributed by atoms with Gasteiger partial charge in [0.25, 0.3) is 10.1 Å². The van der Waals surface area contributed by atoms with Gasteiger partial charge in [-0.25, -0.2) is 0 Å². The standard InChI is InChI=1S/C24H28N2O2.C7H8O3S/c1-3-15-11-18-13-20(14-19(18)12-16(15)4-2)25-10-9-17-5-7-22(27)24-21(17)6-8-23(28)26-24;1-6-2-4-7(5-3-6)11(8,9)10/h5-8,11-12,20,25,27H,3-4,9-10,13-14H2,1-2H3,(H,26,28);2-5H,1H3,(H,8,9,10).